The molecule has 0 atom stereocenters. The number of thioether (sulfide) groups is 1. The molecule has 156 valence electrons. The third-order valence-corrected chi connectivity index (χ3v) is 6.30. The van der Waals surface area contributed by atoms with Gasteiger partial charge >= 0.3 is 0 Å². The van der Waals surface area contributed by atoms with E-state index in [4.69, 9.17) is 4.98 Å². The molecule has 4 nitrogen and oxygen atoms in total. The number of nitrogens with zero attached hydrogens (tertiary/aromatic N) is 4. The largest absolute Gasteiger partial charge is 0.298 e. The quantitative estimate of drug-likeness (QED) is 0.213. The predicted octanol–water partition coefficient (Wildman–Crippen LogP) is 6.64. The SMILES string of the molecule is C=CCn1c(SCc2ccccc2)nnc1-c1cc(-c2ccccc2)nc2ccccc12. The van der Waals surface area contributed by atoms with Gasteiger partial charge in [-0.3, -0.25) is 4.57 Å². The highest BCUT2D eigenvalue weighted by Gasteiger charge is 2.18. The van der Waals surface area contributed by atoms with E-state index in [0.717, 1.165) is 44.5 Å². The second kappa shape index (κ2) is 9.20. The van der Waals surface area contributed by atoms with Crippen LogP contribution in [-0.4, -0.2) is 19.7 Å². The normalized spacial score (nSPS) is 11.0. The van der Waals surface area contributed by atoms with E-state index >= 15 is 0 Å². The summed E-state index contributed by atoms with van der Waals surface area (Å²) in [4.78, 5) is 4.91. The van der Waals surface area contributed by atoms with Gasteiger partial charge in [0.1, 0.15) is 0 Å². The van der Waals surface area contributed by atoms with Crippen LogP contribution in [0.15, 0.2) is 109 Å². The lowest BCUT2D eigenvalue weighted by Gasteiger charge is -2.12. The zero-order chi connectivity index (χ0) is 21.8. The zero-order valence-electron chi connectivity index (χ0n) is 17.6. The van der Waals surface area contributed by atoms with Crippen molar-refractivity contribution in [1.82, 2.24) is 19.7 Å². The van der Waals surface area contributed by atoms with Crippen LogP contribution in [-0.2, 0) is 12.3 Å². The lowest BCUT2D eigenvalue weighted by atomic mass is 10.0. The van der Waals surface area contributed by atoms with Crippen molar-refractivity contribution >= 4 is 22.7 Å². The Morgan fingerprint density at radius 3 is 2.34 bits per heavy atom. The van der Waals surface area contributed by atoms with Crippen LogP contribution in [0.25, 0.3) is 33.5 Å². The standard InChI is InChI=1S/C27H22N4S/c1-2-17-31-26(29-30-27(31)32-19-20-11-5-3-6-12-20)23-18-25(21-13-7-4-8-14-21)28-24-16-10-9-15-22(23)24/h2-16,18H,1,17,19H2. The van der Waals surface area contributed by atoms with Crippen molar-refractivity contribution in [3.63, 3.8) is 0 Å². The van der Waals surface area contributed by atoms with Gasteiger partial charge in [-0.05, 0) is 17.7 Å². The van der Waals surface area contributed by atoms with E-state index in [9.17, 15) is 0 Å². The molecule has 0 saturated heterocycles. The summed E-state index contributed by atoms with van der Waals surface area (Å²) >= 11 is 1.69. The van der Waals surface area contributed by atoms with Crippen molar-refractivity contribution in [2.45, 2.75) is 17.5 Å². The molecule has 0 saturated carbocycles. The molecule has 0 aliphatic carbocycles. The average Bonchev–Trinajstić information content (AvgIpc) is 3.26. The third-order valence-electron chi connectivity index (χ3n) is 5.27. The average molecular weight is 435 g/mol. The number of para-hydroxylation sites is 1. The van der Waals surface area contributed by atoms with E-state index in [2.05, 4.69) is 69.9 Å². The van der Waals surface area contributed by atoms with Gasteiger partial charge in [0.2, 0.25) is 0 Å². The van der Waals surface area contributed by atoms with Crippen LogP contribution in [0.1, 0.15) is 5.56 Å². The molecule has 5 heteroatoms. The molecule has 0 unspecified atom stereocenters. The first kappa shape index (κ1) is 20.2. The Kier molecular flexibility index (Phi) is 5.81. The minimum atomic E-state index is 0.636. The minimum Gasteiger partial charge on any atom is -0.298 e. The van der Waals surface area contributed by atoms with Gasteiger partial charge < -0.3 is 0 Å². The fraction of sp³-hybridized carbons (Fsp3) is 0.0741. The molecule has 2 heterocycles. The van der Waals surface area contributed by atoms with E-state index in [0.29, 0.717) is 6.54 Å². The smallest absolute Gasteiger partial charge is 0.192 e. The summed E-state index contributed by atoms with van der Waals surface area (Å²) in [5.74, 6) is 1.67. The number of fused-ring (bicyclic) bond motifs is 1. The van der Waals surface area contributed by atoms with E-state index in [1.807, 2.05) is 48.5 Å². The van der Waals surface area contributed by atoms with Crippen molar-refractivity contribution < 1.29 is 0 Å². The number of hydrogen-bond donors (Lipinski definition) is 0. The summed E-state index contributed by atoms with van der Waals surface area (Å²) in [6.45, 7) is 4.59. The summed E-state index contributed by atoms with van der Waals surface area (Å²) < 4.78 is 2.14. The van der Waals surface area contributed by atoms with Crippen molar-refractivity contribution in [3.05, 3.63) is 109 Å². The highest BCUT2D eigenvalue weighted by Crippen LogP contribution is 2.33. The molecule has 0 aliphatic rings. The fourth-order valence-corrected chi connectivity index (χ4v) is 4.63. The number of rotatable bonds is 7. The van der Waals surface area contributed by atoms with Gasteiger partial charge in [-0.15, -0.1) is 16.8 Å². The molecule has 2 aromatic heterocycles. The van der Waals surface area contributed by atoms with Crippen LogP contribution in [0, 0.1) is 0 Å². The molecule has 0 spiro atoms. The number of aromatic nitrogens is 4. The van der Waals surface area contributed by atoms with Crippen LogP contribution in [0.2, 0.25) is 0 Å². The van der Waals surface area contributed by atoms with Crippen molar-refractivity contribution in [2.75, 3.05) is 0 Å². The molecule has 0 amide bonds. The van der Waals surface area contributed by atoms with Crippen LogP contribution in [0.5, 0.6) is 0 Å². The topological polar surface area (TPSA) is 43.6 Å². The third kappa shape index (κ3) is 4.07. The zero-order valence-corrected chi connectivity index (χ0v) is 18.4. The first-order valence-electron chi connectivity index (χ1n) is 10.5. The summed E-state index contributed by atoms with van der Waals surface area (Å²) in [7, 11) is 0. The molecule has 0 fully saturated rings. The number of pyridine rings is 1. The highest BCUT2D eigenvalue weighted by molar-refractivity contribution is 7.98. The summed E-state index contributed by atoms with van der Waals surface area (Å²) in [5, 5.41) is 11.1. The molecular weight excluding hydrogens is 412 g/mol. The van der Waals surface area contributed by atoms with E-state index in [1.165, 1.54) is 5.56 Å². The maximum atomic E-state index is 4.91. The molecule has 0 N–H and O–H groups in total. The molecule has 0 bridgehead atoms. The first-order valence-corrected chi connectivity index (χ1v) is 11.5. The second-order valence-corrected chi connectivity index (χ2v) is 8.36. The van der Waals surface area contributed by atoms with Crippen molar-refractivity contribution in [2.24, 2.45) is 0 Å². The Hall–Kier alpha value is -3.70. The van der Waals surface area contributed by atoms with Gasteiger partial charge in [-0.1, -0.05) is 96.7 Å². The van der Waals surface area contributed by atoms with Gasteiger partial charge in [-0.2, -0.15) is 0 Å². The maximum Gasteiger partial charge on any atom is 0.192 e. The Labute approximate surface area is 191 Å². The van der Waals surface area contributed by atoms with Crippen molar-refractivity contribution in [3.8, 4) is 22.6 Å². The van der Waals surface area contributed by atoms with Crippen LogP contribution in [0.3, 0.4) is 0 Å². The Bertz CT molecular complexity index is 1360. The molecule has 0 radical (unpaired) electrons. The Balaban J connectivity index is 1.61. The lowest BCUT2D eigenvalue weighted by Crippen LogP contribution is -2.02. The monoisotopic (exact) mass is 434 g/mol. The predicted molar refractivity (Wildman–Crippen MR) is 132 cm³/mol. The number of hydrogen-bond acceptors (Lipinski definition) is 4. The summed E-state index contributed by atoms with van der Waals surface area (Å²) in [5.41, 5.74) is 5.22. The first-order chi connectivity index (χ1) is 15.8. The van der Waals surface area contributed by atoms with Crippen LogP contribution >= 0.6 is 11.8 Å². The van der Waals surface area contributed by atoms with Gasteiger partial charge in [0.05, 0.1) is 11.2 Å². The van der Waals surface area contributed by atoms with Gasteiger partial charge in [0.15, 0.2) is 11.0 Å². The highest BCUT2D eigenvalue weighted by atomic mass is 32.2. The molecule has 5 rings (SSSR count). The molecule has 0 aliphatic heterocycles. The van der Waals surface area contributed by atoms with Gasteiger partial charge in [-0.25, -0.2) is 4.98 Å². The van der Waals surface area contributed by atoms with Gasteiger partial charge in [0, 0.05) is 28.8 Å². The van der Waals surface area contributed by atoms with Gasteiger partial charge in [0.25, 0.3) is 0 Å². The fourth-order valence-electron chi connectivity index (χ4n) is 3.73. The Morgan fingerprint density at radius 1 is 0.844 bits per heavy atom. The van der Waals surface area contributed by atoms with Crippen LogP contribution < -0.4 is 0 Å². The summed E-state index contributed by atoms with van der Waals surface area (Å²) in [6, 6.07) is 31.0. The molecule has 3 aromatic carbocycles. The number of allylic oxidation sites excluding steroid dienone is 1. The molecular formula is C27H22N4S. The van der Waals surface area contributed by atoms with Crippen LogP contribution in [0.4, 0.5) is 0 Å². The second-order valence-electron chi connectivity index (χ2n) is 7.42. The summed E-state index contributed by atoms with van der Waals surface area (Å²) in [6.07, 6.45) is 1.89. The lowest BCUT2D eigenvalue weighted by molar-refractivity contribution is 0.731. The molecule has 5 aromatic rings. The van der Waals surface area contributed by atoms with Crippen molar-refractivity contribution in [1.29, 1.82) is 0 Å². The van der Waals surface area contributed by atoms with E-state index in [-0.39, 0.29) is 0 Å². The Morgan fingerprint density at radius 2 is 1.56 bits per heavy atom. The van der Waals surface area contributed by atoms with E-state index < -0.39 is 0 Å². The number of benzene rings is 3. The maximum absolute atomic E-state index is 4.91. The molecule has 32 heavy (non-hydrogen) atoms. The minimum absolute atomic E-state index is 0.636. The van der Waals surface area contributed by atoms with E-state index in [1.54, 1.807) is 11.8 Å².